The number of nitrogens with one attached hydrogen (secondary N) is 1. The Balaban J connectivity index is 1.61. The number of aromatic nitrogens is 3. The zero-order valence-corrected chi connectivity index (χ0v) is 17.3. The molecule has 0 saturated heterocycles. The molecule has 0 aliphatic carbocycles. The lowest BCUT2D eigenvalue weighted by molar-refractivity contribution is 0.386. The summed E-state index contributed by atoms with van der Waals surface area (Å²) in [5.74, 6) is 0.848. The molecule has 0 unspecified atom stereocenters. The average Bonchev–Trinajstić information content (AvgIpc) is 3.20. The second kappa shape index (κ2) is 8.08. The summed E-state index contributed by atoms with van der Waals surface area (Å²) in [5, 5.41) is 4.00. The van der Waals surface area contributed by atoms with Crippen molar-refractivity contribution in [2.75, 3.05) is 4.72 Å². The van der Waals surface area contributed by atoms with Crippen LogP contribution in [-0.2, 0) is 16.4 Å². The van der Waals surface area contributed by atoms with Gasteiger partial charge in [0, 0.05) is 18.0 Å². The van der Waals surface area contributed by atoms with Crippen LogP contribution in [0.2, 0.25) is 0 Å². The van der Waals surface area contributed by atoms with Crippen LogP contribution in [0, 0.1) is 13.8 Å². The quantitative estimate of drug-likeness (QED) is 0.503. The van der Waals surface area contributed by atoms with E-state index in [2.05, 4.69) is 19.8 Å². The second-order valence-electron chi connectivity index (χ2n) is 6.96. The van der Waals surface area contributed by atoms with Gasteiger partial charge in [-0.2, -0.15) is 4.98 Å². The van der Waals surface area contributed by atoms with Crippen molar-refractivity contribution in [2.45, 2.75) is 25.2 Å². The average molecular weight is 420 g/mol. The third-order valence-electron chi connectivity index (χ3n) is 4.64. The van der Waals surface area contributed by atoms with Crippen LogP contribution in [0.5, 0.6) is 0 Å². The molecule has 8 heteroatoms. The first kappa shape index (κ1) is 19.8. The third kappa shape index (κ3) is 4.23. The minimum absolute atomic E-state index is 0.259. The van der Waals surface area contributed by atoms with Crippen LogP contribution >= 0.6 is 0 Å². The van der Waals surface area contributed by atoms with Crippen molar-refractivity contribution in [1.82, 2.24) is 15.1 Å². The van der Waals surface area contributed by atoms with Crippen LogP contribution in [0.15, 0.2) is 76.4 Å². The summed E-state index contributed by atoms with van der Waals surface area (Å²) in [6, 6.07) is 16.1. The second-order valence-corrected chi connectivity index (χ2v) is 8.61. The maximum atomic E-state index is 13.0. The number of aryl methyl sites for hydroxylation is 2. The number of nitrogens with zero attached hydrogens (tertiary/aromatic N) is 3. The molecular weight excluding hydrogens is 400 g/mol. The van der Waals surface area contributed by atoms with E-state index >= 15 is 0 Å². The molecule has 0 atom stereocenters. The van der Waals surface area contributed by atoms with Gasteiger partial charge in [0.15, 0.2) is 0 Å². The van der Waals surface area contributed by atoms with Gasteiger partial charge in [-0.25, -0.2) is 8.42 Å². The van der Waals surface area contributed by atoms with Crippen LogP contribution in [0.1, 0.15) is 22.6 Å². The molecule has 0 fully saturated rings. The van der Waals surface area contributed by atoms with E-state index in [-0.39, 0.29) is 4.90 Å². The van der Waals surface area contributed by atoms with E-state index < -0.39 is 10.0 Å². The molecule has 0 aliphatic heterocycles. The fraction of sp³-hybridized carbons (Fsp3) is 0.136. The lowest BCUT2D eigenvalue weighted by atomic mass is 10.1. The van der Waals surface area contributed by atoms with Gasteiger partial charge in [0.1, 0.15) is 0 Å². The maximum Gasteiger partial charge on any atom is 0.262 e. The summed E-state index contributed by atoms with van der Waals surface area (Å²) in [4.78, 5) is 8.65. The normalized spacial score (nSPS) is 11.4. The number of sulfonamides is 1. The van der Waals surface area contributed by atoms with Crippen LogP contribution in [0.3, 0.4) is 0 Å². The summed E-state index contributed by atoms with van der Waals surface area (Å²) in [7, 11) is -3.74. The topological polar surface area (TPSA) is 98.0 Å². The first-order valence-electron chi connectivity index (χ1n) is 9.33. The Morgan fingerprint density at radius 3 is 2.57 bits per heavy atom. The Bertz CT molecular complexity index is 1280. The molecule has 4 aromatic rings. The zero-order chi connectivity index (χ0) is 21.1. The van der Waals surface area contributed by atoms with Gasteiger partial charge < -0.3 is 4.52 Å². The Kier molecular flexibility index (Phi) is 5.33. The number of para-hydroxylation sites is 1. The SMILES string of the molecule is Cc1ccc(C)c(S(=O)(=O)Nc2ccccc2Cc2nc(-c3ccncc3)no2)c1. The van der Waals surface area contributed by atoms with Crippen LogP contribution < -0.4 is 4.72 Å². The number of hydrogen-bond acceptors (Lipinski definition) is 6. The Morgan fingerprint density at radius 2 is 1.77 bits per heavy atom. The fourth-order valence-electron chi connectivity index (χ4n) is 3.08. The van der Waals surface area contributed by atoms with Gasteiger partial charge >= 0.3 is 0 Å². The van der Waals surface area contributed by atoms with Crippen molar-refractivity contribution >= 4 is 15.7 Å². The molecule has 4 rings (SSSR count). The first-order chi connectivity index (χ1) is 14.4. The van der Waals surface area contributed by atoms with Crippen molar-refractivity contribution in [2.24, 2.45) is 0 Å². The van der Waals surface area contributed by atoms with Gasteiger partial charge in [-0.3, -0.25) is 9.71 Å². The molecule has 0 bridgehead atoms. The molecule has 2 aromatic carbocycles. The fourth-order valence-corrected chi connectivity index (χ4v) is 4.51. The van der Waals surface area contributed by atoms with E-state index in [1.807, 2.05) is 25.1 Å². The zero-order valence-electron chi connectivity index (χ0n) is 16.5. The summed E-state index contributed by atoms with van der Waals surface area (Å²) in [6.07, 6.45) is 3.61. The highest BCUT2D eigenvalue weighted by Crippen LogP contribution is 2.25. The first-order valence-corrected chi connectivity index (χ1v) is 10.8. The molecule has 30 heavy (non-hydrogen) atoms. The molecule has 2 heterocycles. The monoisotopic (exact) mass is 420 g/mol. The van der Waals surface area contributed by atoms with Gasteiger partial charge in [-0.1, -0.05) is 35.5 Å². The number of hydrogen-bond donors (Lipinski definition) is 1. The molecule has 0 saturated carbocycles. The van der Waals surface area contributed by atoms with E-state index in [9.17, 15) is 8.42 Å². The molecule has 1 N–H and O–H groups in total. The third-order valence-corrected chi connectivity index (χ3v) is 6.15. The van der Waals surface area contributed by atoms with E-state index in [0.29, 0.717) is 29.4 Å². The lowest BCUT2D eigenvalue weighted by Crippen LogP contribution is -2.15. The highest BCUT2D eigenvalue weighted by Gasteiger charge is 2.19. The molecular formula is C22H20N4O3S. The Labute approximate surface area is 174 Å². The van der Waals surface area contributed by atoms with Crippen LogP contribution in [0.25, 0.3) is 11.4 Å². The largest absolute Gasteiger partial charge is 0.339 e. The molecule has 2 aromatic heterocycles. The molecule has 0 radical (unpaired) electrons. The molecule has 0 amide bonds. The van der Waals surface area contributed by atoms with Gasteiger partial charge in [0.05, 0.1) is 17.0 Å². The predicted molar refractivity (Wildman–Crippen MR) is 114 cm³/mol. The smallest absolute Gasteiger partial charge is 0.262 e. The van der Waals surface area contributed by atoms with Gasteiger partial charge in [0.25, 0.3) is 10.0 Å². The molecule has 152 valence electrons. The number of pyridine rings is 1. The number of anilines is 1. The Hall–Kier alpha value is -3.52. The van der Waals surface area contributed by atoms with Crippen molar-refractivity contribution in [3.63, 3.8) is 0 Å². The van der Waals surface area contributed by atoms with E-state index in [4.69, 9.17) is 4.52 Å². The molecule has 0 aliphatic rings. The number of benzene rings is 2. The highest BCUT2D eigenvalue weighted by atomic mass is 32.2. The maximum absolute atomic E-state index is 13.0. The summed E-state index contributed by atoms with van der Waals surface area (Å²) in [6.45, 7) is 3.64. The summed E-state index contributed by atoms with van der Waals surface area (Å²) in [5.41, 5.74) is 3.57. The molecule has 0 spiro atoms. The van der Waals surface area contributed by atoms with Crippen molar-refractivity contribution in [3.8, 4) is 11.4 Å². The molecule has 7 nitrogen and oxygen atoms in total. The predicted octanol–water partition coefficient (Wildman–Crippen LogP) is 4.14. The minimum atomic E-state index is -3.74. The van der Waals surface area contributed by atoms with E-state index in [0.717, 1.165) is 16.7 Å². The van der Waals surface area contributed by atoms with Crippen molar-refractivity contribution in [3.05, 3.63) is 89.6 Å². The van der Waals surface area contributed by atoms with E-state index in [1.54, 1.807) is 55.7 Å². The van der Waals surface area contributed by atoms with Crippen LogP contribution in [0.4, 0.5) is 5.69 Å². The van der Waals surface area contributed by atoms with Crippen molar-refractivity contribution in [1.29, 1.82) is 0 Å². The summed E-state index contributed by atoms with van der Waals surface area (Å²) >= 11 is 0. The summed E-state index contributed by atoms with van der Waals surface area (Å²) < 4.78 is 34.1. The minimum Gasteiger partial charge on any atom is -0.339 e. The Morgan fingerprint density at radius 1 is 1.00 bits per heavy atom. The van der Waals surface area contributed by atoms with Crippen LogP contribution in [-0.4, -0.2) is 23.5 Å². The van der Waals surface area contributed by atoms with Gasteiger partial charge in [-0.15, -0.1) is 0 Å². The van der Waals surface area contributed by atoms with Gasteiger partial charge in [0.2, 0.25) is 11.7 Å². The lowest BCUT2D eigenvalue weighted by Gasteiger charge is -2.13. The van der Waals surface area contributed by atoms with Gasteiger partial charge in [-0.05, 0) is 54.8 Å². The van der Waals surface area contributed by atoms with Crippen molar-refractivity contribution < 1.29 is 12.9 Å². The standard InChI is InChI=1S/C22H20N4O3S/c1-15-7-8-16(2)20(13-15)30(27,28)26-19-6-4-3-5-18(19)14-21-24-22(25-29-21)17-9-11-23-12-10-17/h3-13,26H,14H2,1-2H3. The highest BCUT2D eigenvalue weighted by molar-refractivity contribution is 7.92. The number of rotatable bonds is 6. The van der Waals surface area contributed by atoms with E-state index in [1.165, 1.54) is 0 Å².